The van der Waals surface area contributed by atoms with E-state index in [9.17, 15) is 4.79 Å². The van der Waals surface area contributed by atoms with Gasteiger partial charge in [0, 0.05) is 12.0 Å². The van der Waals surface area contributed by atoms with Crippen LogP contribution in [0, 0.1) is 0 Å². The zero-order valence-electron chi connectivity index (χ0n) is 12.9. The normalized spacial score (nSPS) is 14.7. The molecule has 1 N–H and O–H groups in total. The summed E-state index contributed by atoms with van der Waals surface area (Å²) in [4.78, 5) is 16.1. The molecule has 0 spiro atoms. The molecule has 2 aromatic rings. The van der Waals surface area contributed by atoms with Gasteiger partial charge in [0.1, 0.15) is 16.0 Å². The fraction of sp³-hybridized carbons (Fsp3) is 0.294. The van der Waals surface area contributed by atoms with Gasteiger partial charge in [0.25, 0.3) is 5.91 Å². The van der Waals surface area contributed by atoms with E-state index in [2.05, 4.69) is 26.2 Å². The maximum absolute atomic E-state index is 12.0. The SMILES string of the molecule is CC1(C)Cc2cccc(OCC(=O)Nc3cccc(Br)n3)c2O1. The molecule has 0 fully saturated rings. The van der Waals surface area contributed by atoms with Crippen molar-refractivity contribution in [2.24, 2.45) is 0 Å². The molecule has 120 valence electrons. The maximum Gasteiger partial charge on any atom is 0.263 e. The molecule has 1 amide bonds. The highest BCUT2D eigenvalue weighted by molar-refractivity contribution is 9.10. The van der Waals surface area contributed by atoms with Crippen LogP contribution in [0.1, 0.15) is 19.4 Å². The van der Waals surface area contributed by atoms with Gasteiger partial charge >= 0.3 is 0 Å². The molecule has 1 aromatic carbocycles. The number of benzene rings is 1. The highest BCUT2D eigenvalue weighted by Gasteiger charge is 2.32. The lowest BCUT2D eigenvalue weighted by Gasteiger charge is -2.18. The van der Waals surface area contributed by atoms with Crippen LogP contribution in [0.4, 0.5) is 5.82 Å². The highest BCUT2D eigenvalue weighted by Crippen LogP contribution is 2.41. The lowest BCUT2D eigenvalue weighted by atomic mass is 10.0. The molecule has 0 saturated heterocycles. The van der Waals surface area contributed by atoms with E-state index >= 15 is 0 Å². The van der Waals surface area contributed by atoms with E-state index < -0.39 is 0 Å². The molecule has 0 aliphatic carbocycles. The minimum atomic E-state index is -0.273. The first-order valence-electron chi connectivity index (χ1n) is 7.29. The van der Waals surface area contributed by atoms with Crippen molar-refractivity contribution < 1.29 is 14.3 Å². The van der Waals surface area contributed by atoms with Gasteiger partial charge in [0.2, 0.25) is 0 Å². The van der Waals surface area contributed by atoms with Crippen molar-refractivity contribution in [3.63, 3.8) is 0 Å². The molecule has 0 unspecified atom stereocenters. The van der Waals surface area contributed by atoms with Crippen molar-refractivity contribution in [1.82, 2.24) is 4.98 Å². The number of ether oxygens (including phenoxy) is 2. The summed E-state index contributed by atoms with van der Waals surface area (Å²) in [6.07, 6.45) is 0.827. The molecule has 1 aliphatic rings. The molecule has 3 rings (SSSR count). The number of carbonyl (C=O) groups excluding carboxylic acids is 1. The van der Waals surface area contributed by atoms with E-state index in [-0.39, 0.29) is 18.1 Å². The molecule has 0 saturated carbocycles. The number of carbonyl (C=O) groups is 1. The average Bonchev–Trinajstić information content (AvgIpc) is 2.79. The quantitative estimate of drug-likeness (QED) is 0.828. The van der Waals surface area contributed by atoms with Gasteiger partial charge in [-0.2, -0.15) is 0 Å². The molecular weight excluding hydrogens is 360 g/mol. The third-order valence-corrected chi connectivity index (χ3v) is 3.84. The molecule has 0 radical (unpaired) electrons. The van der Waals surface area contributed by atoms with Crippen molar-refractivity contribution in [2.75, 3.05) is 11.9 Å². The predicted octanol–water partition coefficient (Wildman–Crippen LogP) is 3.58. The Morgan fingerprint density at radius 2 is 2.13 bits per heavy atom. The van der Waals surface area contributed by atoms with Crippen molar-refractivity contribution in [3.05, 3.63) is 46.6 Å². The lowest BCUT2D eigenvalue weighted by Crippen LogP contribution is -2.25. The van der Waals surface area contributed by atoms with Gasteiger partial charge in [0.15, 0.2) is 18.1 Å². The van der Waals surface area contributed by atoms with E-state index in [0.717, 1.165) is 17.7 Å². The van der Waals surface area contributed by atoms with Crippen molar-refractivity contribution in [3.8, 4) is 11.5 Å². The van der Waals surface area contributed by atoms with Gasteiger partial charge in [0.05, 0.1) is 0 Å². The molecule has 5 nitrogen and oxygen atoms in total. The standard InChI is InChI=1S/C17H17BrN2O3/c1-17(2)9-11-5-3-6-12(16(11)23-17)22-10-15(21)20-14-8-4-7-13(18)19-14/h3-8H,9-10H2,1-2H3,(H,19,20,21). The topological polar surface area (TPSA) is 60.5 Å². The van der Waals surface area contributed by atoms with Crippen LogP contribution in [-0.2, 0) is 11.2 Å². The smallest absolute Gasteiger partial charge is 0.263 e. The first kappa shape index (κ1) is 15.8. The van der Waals surface area contributed by atoms with Crippen LogP contribution in [-0.4, -0.2) is 23.1 Å². The van der Waals surface area contributed by atoms with Gasteiger partial charge in [-0.3, -0.25) is 4.79 Å². The number of fused-ring (bicyclic) bond motifs is 1. The van der Waals surface area contributed by atoms with E-state index in [0.29, 0.717) is 16.2 Å². The molecule has 23 heavy (non-hydrogen) atoms. The maximum atomic E-state index is 12.0. The zero-order valence-corrected chi connectivity index (χ0v) is 14.5. The van der Waals surface area contributed by atoms with Gasteiger partial charge in [-0.05, 0) is 48.0 Å². The summed E-state index contributed by atoms with van der Waals surface area (Å²) in [5.74, 6) is 1.52. The second-order valence-electron chi connectivity index (χ2n) is 5.97. The highest BCUT2D eigenvalue weighted by atomic mass is 79.9. The van der Waals surface area contributed by atoms with Crippen molar-refractivity contribution in [1.29, 1.82) is 0 Å². The first-order valence-corrected chi connectivity index (χ1v) is 8.08. The molecule has 0 bridgehead atoms. The number of halogens is 1. The van der Waals surface area contributed by atoms with Gasteiger partial charge < -0.3 is 14.8 Å². The Balaban J connectivity index is 1.63. The number of nitrogens with one attached hydrogen (secondary N) is 1. The van der Waals surface area contributed by atoms with E-state index in [1.807, 2.05) is 32.0 Å². The van der Waals surface area contributed by atoms with Gasteiger partial charge in [-0.15, -0.1) is 0 Å². The van der Waals surface area contributed by atoms with Crippen LogP contribution >= 0.6 is 15.9 Å². The summed E-state index contributed by atoms with van der Waals surface area (Å²) in [5.41, 5.74) is 0.853. The summed E-state index contributed by atoms with van der Waals surface area (Å²) in [6, 6.07) is 11.0. The van der Waals surface area contributed by atoms with Crippen LogP contribution in [0.25, 0.3) is 0 Å². The number of pyridine rings is 1. The third-order valence-electron chi connectivity index (χ3n) is 3.40. The monoisotopic (exact) mass is 376 g/mol. The Kier molecular flexibility index (Phi) is 4.26. The van der Waals surface area contributed by atoms with Crippen LogP contribution < -0.4 is 14.8 Å². The molecule has 6 heteroatoms. The van der Waals surface area contributed by atoms with Crippen LogP contribution in [0.2, 0.25) is 0 Å². The Hall–Kier alpha value is -2.08. The summed E-state index contributed by atoms with van der Waals surface area (Å²) in [5, 5.41) is 2.69. The first-order chi connectivity index (χ1) is 10.9. The van der Waals surface area contributed by atoms with E-state index in [1.54, 1.807) is 18.2 Å². The Bertz CT molecular complexity index is 746. The third kappa shape index (κ3) is 3.82. The van der Waals surface area contributed by atoms with Crippen LogP contribution in [0.3, 0.4) is 0 Å². The summed E-state index contributed by atoms with van der Waals surface area (Å²) >= 11 is 3.26. The Morgan fingerprint density at radius 3 is 2.91 bits per heavy atom. The number of hydrogen-bond donors (Lipinski definition) is 1. The minimum absolute atomic E-state index is 0.103. The van der Waals surface area contributed by atoms with Crippen molar-refractivity contribution in [2.45, 2.75) is 25.9 Å². The number of aromatic nitrogens is 1. The summed E-state index contributed by atoms with van der Waals surface area (Å²) < 4.78 is 12.2. The van der Waals surface area contributed by atoms with E-state index in [1.165, 1.54) is 0 Å². The second kappa shape index (κ2) is 6.20. The molecule has 1 aromatic heterocycles. The number of hydrogen-bond acceptors (Lipinski definition) is 4. The lowest BCUT2D eigenvalue weighted by molar-refractivity contribution is -0.118. The van der Waals surface area contributed by atoms with Crippen LogP contribution in [0.5, 0.6) is 11.5 Å². The van der Waals surface area contributed by atoms with E-state index in [4.69, 9.17) is 9.47 Å². The van der Waals surface area contributed by atoms with Gasteiger partial charge in [-0.25, -0.2) is 4.98 Å². The minimum Gasteiger partial charge on any atom is -0.483 e. The number of para-hydroxylation sites is 1. The molecule has 1 aliphatic heterocycles. The summed E-state index contributed by atoms with van der Waals surface area (Å²) in [6.45, 7) is 3.96. The Morgan fingerprint density at radius 1 is 1.35 bits per heavy atom. The Labute approximate surface area is 143 Å². The number of anilines is 1. The second-order valence-corrected chi connectivity index (χ2v) is 6.78. The summed E-state index contributed by atoms with van der Waals surface area (Å²) in [7, 11) is 0. The fourth-order valence-corrected chi connectivity index (χ4v) is 2.84. The number of amides is 1. The molecular formula is C17H17BrN2O3. The average molecular weight is 377 g/mol. The number of nitrogens with zero attached hydrogens (tertiary/aromatic N) is 1. The van der Waals surface area contributed by atoms with Gasteiger partial charge in [-0.1, -0.05) is 18.2 Å². The zero-order chi connectivity index (χ0) is 16.4. The predicted molar refractivity (Wildman–Crippen MR) is 90.9 cm³/mol. The van der Waals surface area contributed by atoms with Crippen molar-refractivity contribution >= 4 is 27.7 Å². The largest absolute Gasteiger partial charge is 0.483 e. The van der Waals surface area contributed by atoms with Crippen LogP contribution in [0.15, 0.2) is 41.0 Å². The number of rotatable bonds is 4. The molecule has 0 atom stereocenters. The molecule has 2 heterocycles. The fourth-order valence-electron chi connectivity index (χ4n) is 2.50.